The Morgan fingerprint density at radius 2 is 1.00 bits per heavy atom. The summed E-state index contributed by atoms with van der Waals surface area (Å²) < 4.78 is 0. The molecule has 2 N–H and O–H groups in total. The summed E-state index contributed by atoms with van der Waals surface area (Å²) in [6, 6.07) is 0. The summed E-state index contributed by atoms with van der Waals surface area (Å²) >= 11 is 0. The van der Waals surface area contributed by atoms with Crippen LogP contribution in [0.1, 0.15) is 0 Å². The molecular formula is H2CrCuMnO. The summed E-state index contributed by atoms with van der Waals surface area (Å²) in [7, 11) is 0. The Hall–Kier alpha value is 1.53. The van der Waals surface area contributed by atoms with Crippen LogP contribution in [0.4, 0.5) is 0 Å². The zero-order valence-corrected chi connectivity index (χ0v) is 4.98. The van der Waals surface area contributed by atoms with E-state index in [0.717, 1.165) is 0 Å². The first-order chi connectivity index (χ1) is 0. The van der Waals surface area contributed by atoms with E-state index in [2.05, 4.69) is 0 Å². The third-order valence-corrected chi connectivity index (χ3v) is 0. The normalized spacial score (nSPS) is 0. The fourth-order valence-electron chi connectivity index (χ4n) is 0. The minimum atomic E-state index is 0. The van der Waals surface area contributed by atoms with Crippen LogP contribution in [0.15, 0.2) is 0 Å². The van der Waals surface area contributed by atoms with Gasteiger partial charge in [-0.15, -0.1) is 0 Å². The van der Waals surface area contributed by atoms with Crippen LogP contribution in [-0.2, 0) is 51.5 Å². The summed E-state index contributed by atoms with van der Waals surface area (Å²) in [5.74, 6) is 0. The molecule has 0 aromatic carbocycles. The molecule has 0 aromatic rings. The van der Waals surface area contributed by atoms with E-state index >= 15 is 0 Å². The Balaban J connectivity index is 0. The van der Waals surface area contributed by atoms with E-state index in [0.29, 0.717) is 0 Å². The van der Waals surface area contributed by atoms with E-state index in [9.17, 15) is 0 Å². The molecule has 0 fully saturated rings. The maximum absolute atomic E-state index is 0. The quantitative estimate of drug-likeness (QED) is 0.445. The van der Waals surface area contributed by atoms with Gasteiger partial charge in [-0.1, -0.05) is 0 Å². The third kappa shape index (κ3) is 9.65. The molecule has 0 bridgehead atoms. The van der Waals surface area contributed by atoms with Gasteiger partial charge in [0, 0.05) is 51.5 Å². The SMILES string of the molecule is O.[Cr].[Cu].[Mn]. The van der Waals surface area contributed by atoms with Crippen molar-refractivity contribution in [3.63, 3.8) is 0 Å². The number of hydrogen-bond donors (Lipinski definition) is 0. The van der Waals surface area contributed by atoms with Crippen LogP contribution in [0.5, 0.6) is 0 Å². The molecule has 0 atom stereocenters. The van der Waals surface area contributed by atoms with Crippen LogP contribution >= 0.6 is 0 Å². The van der Waals surface area contributed by atoms with Crippen molar-refractivity contribution in [2.24, 2.45) is 0 Å². The monoisotopic (exact) mass is 188 g/mol. The van der Waals surface area contributed by atoms with Crippen LogP contribution in [0, 0.1) is 0 Å². The second-order valence-corrected chi connectivity index (χ2v) is 0. The van der Waals surface area contributed by atoms with Crippen LogP contribution in [-0.4, -0.2) is 5.48 Å². The minimum absolute atomic E-state index is 0. The van der Waals surface area contributed by atoms with Crippen molar-refractivity contribution in [3.8, 4) is 0 Å². The van der Waals surface area contributed by atoms with Gasteiger partial charge >= 0.3 is 0 Å². The van der Waals surface area contributed by atoms with Gasteiger partial charge in [0.25, 0.3) is 0 Å². The third-order valence-electron chi connectivity index (χ3n) is 0. The van der Waals surface area contributed by atoms with Crippen molar-refractivity contribution in [1.82, 2.24) is 0 Å². The van der Waals surface area contributed by atoms with Gasteiger partial charge in [0.2, 0.25) is 0 Å². The van der Waals surface area contributed by atoms with E-state index in [1.165, 1.54) is 0 Å². The molecule has 0 aliphatic heterocycles. The zero-order chi connectivity index (χ0) is 0. The molecule has 0 amide bonds. The summed E-state index contributed by atoms with van der Waals surface area (Å²) in [6.45, 7) is 0. The van der Waals surface area contributed by atoms with Crippen LogP contribution in [0.3, 0.4) is 0 Å². The predicted molar refractivity (Wildman–Crippen MR) is 3.61 cm³/mol. The van der Waals surface area contributed by atoms with Crippen LogP contribution in [0.2, 0.25) is 0 Å². The Labute approximate surface area is 56.9 Å². The topological polar surface area (TPSA) is 31.5 Å². The summed E-state index contributed by atoms with van der Waals surface area (Å²) in [4.78, 5) is 0. The fraction of sp³-hybridized carbons (Fsp3) is 0. The average molecular weight is 188 g/mol. The largest absolute Gasteiger partial charge is 0.412 e. The van der Waals surface area contributed by atoms with Gasteiger partial charge in [-0.25, -0.2) is 0 Å². The van der Waals surface area contributed by atoms with E-state index in [1.54, 1.807) is 0 Å². The Bertz CT molecular complexity index is 8.00. The van der Waals surface area contributed by atoms with Crippen molar-refractivity contribution in [2.75, 3.05) is 0 Å². The maximum Gasteiger partial charge on any atom is 0 e. The molecular weight excluding hydrogens is 186 g/mol. The summed E-state index contributed by atoms with van der Waals surface area (Å²) in [5, 5.41) is 0. The van der Waals surface area contributed by atoms with Crippen molar-refractivity contribution in [3.05, 3.63) is 0 Å². The molecule has 2 radical (unpaired) electrons. The fourth-order valence-corrected chi connectivity index (χ4v) is 0. The Morgan fingerprint density at radius 3 is 1.00 bits per heavy atom. The Morgan fingerprint density at radius 1 is 1.00 bits per heavy atom. The first kappa shape index (κ1) is 48.4. The Kier molecular flexibility index (Phi) is 292. The number of hydrogen-bond acceptors (Lipinski definition) is 0. The van der Waals surface area contributed by atoms with Crippen LogP contribution < -0.4 is 0 Å². The average Bonchev–Trinajstić information content (AvgIpc) is 0. The van der Waals surface area contributed by atoms with E-state index in [4.69, 9.17) is 0 Å². The standard InChI is InChI=1S/Cr.Cu.Mn.H2O/h;;;1H2. The molecule has 0 rings (SSSR count). The van der Waals surface area contributed by atoms with Crippen molar-refractivity contribution >= 4 is 0 Å². The molecule has 0 aliphatic carbocycles. The predicted octanol–water partition coefficient (Wildman–Crippen LogP) is -0.832. The molecule has 32 valence electrons. The van der Waals surface area contributed by atoms with Gasteiger partial charge in [-0.2, -0.15) is 0 Å². The van der Waals surface area contributed by atoms with Crippen LogP contribution in [0.25, 0.3) is 0 Å². The van der Waals surface area contributed by atoms with Gasteiger partial charge in [-0.05, 0) is 0 Å². The number of rotatable bonds is 0. The molecule has 1 nitrogen and oxygen atoms in total. The summed E-state index contributed by atoms with van der Waals surface area (Å²) in [6.07, 6.45) is 0. The van der Waals surface area contributed by atoms with Crippen molar-refractivity contribution in [1.29, 1.82) is 0 Å². The first-order valence-electron chi connectivity index (χ1n) is 0. The molecule has 0 heterocycles. The van der Waals surface area contributed by atoms with Crippen molar-refractivity contribution in [2.45, 2.75) is 0 Å². The smallest absolute Gasteiger partial charge is 0 e. The second kappa shape index (κ2) is 24.1. The zero-order valence-electron chi connectivity index (χ0n) is 1.59. The molecule has 0 saturated carbocycles. The molecule has 0 unspecified atom stereocenters. The minimum Gasteiger partial charge on any atom is -0.412 e. The van der Waals surface area contributed by atoms with E-state index in [-0.39, 0.29) is 57.0 Å². The molecule has 0 spiro atoms. The van der Waals surface area contributed by atoms with Gasteiger partial charge < -0.3 is 5.48 Å². The molecule has 4 heteroatoms. The molecule has 4 heavy (non-hydrogen) atoms. The van der Waals surface area contributed by atoms with Gasteiger partial charge in [0.05, 0.1) is 0 Å². The van der Waals surface area contributed by atoms with Crippen molar-refractivity contribution < 1.29 is 57.0 Å². The van der Waals surface area contributed by atoms with E-state index in [1.807, 2.05) is 0 Å². The van der Waals surface area contributed by atoms with Gasteiger partial charge in [0.1, 0.15) is 0 Å². The van der Waals surface area contributed by atoms with Gasteiger partial charge in [0.15, 0.2) is 0 Å². The second-order valence-electron chi connectivity index (χ2n) is 0. The van der Waals surface area contributed by atoms with E-state index < -0.39 is 0 Å². The first-order valence-corrected chi connectivity index (χ1v) is 0. The van der Waals surface area contributed by atoms with Gasteiger partial charge in [-0.3, -0.25) is 0 Å². The molecule has 0 aromatic heterocycles. The summed E-state index contributed by atoms with van der Waals surface area (Å²) in [5.41, 5.74) is 0. The molecule has 0 aliphatic rings. The molecule has 0 saturated heterocycles. The maximum atomic E-state index is 0.